The molecule has 0 amide bonds. The third-order valence-corrected chi connectivity index (χ3v) is 5.75. The van der Waals surface area contributed by atoms with Crippen molar-refractivity contribution in [2.75, 3.05) is 7.11 Å². The lowest BCUT2D eigenvalue weighted by Gasteiger charge is -2.25. The van der Waals surface area contributed by atoms with Gasteiger partial charge in [0, 0.05) is 23.2 Å². The van der Waals surface area contributed by atoms with E-state index in [-0.39, 0.29) is 6.61 Å². The first-order valence-corrected chi connectivity index (χ1v) is 9.99. The Labute approximate surface area is 165 Å². The second kappa shape index (κ2) is 8.15. The molecular formula is C23H27N3O2. The average molecular weight is 377 g/mol. The van der Waals surface area contributed by atoms with E-state index in [4.69, 9.17) is 4.74 Å². The van der Waals surface area contributed by atoms with Crippen LogP contribution < -0.4 is 0 Å². The van der Waals surface area contributed by atoms with Crippen molar-refractivity contribution in [1.29, 1.82) is 0 Å². The quantitative estimate of drug-likeness (QED) is 0.640. The highest BCUT2D eigenvalue weighted by Crippen LogP contribution is 2.38. The van der Waals surface area contributed by atoms with E-state index in [2.05, 4.69) is 34.3 Å². The van der Waals surface area contributed by atoms with Gasteiger partial charge in [-0.2, -0.15) is 5.10 Å². The van der Waals surface area contributed by atoms with Crippen LogP contribution in [0.5, 0.6) is 0 Å². The summed E-state index contributed by atoms with van der Waals surface area (Å²) < 4.78 is 7.09. The Morgan fingerprint density at radius 2 is 1.93 bits per heavy atom. The summed E-state index contributed by atoms with van der Waals surface area (Å²) in [6.07, 6.45) is 11.6. The molecule has 5 heteroatoms. The summed E-state index contributed by atoms with van der Waals surface area (Å²) in [5.41, 5.74) is 7.27. The molecule has 2 aromatic heterocycles. The van der Waals surface area contributed by atoms with Crippen molar-refractivity contribution in [3.05, 3.63) is 59.7 Å². The number of methoxy groups -OCH3 is 1. The molecule has 146 valence electrons. The SMILES string of the molecule is CO/C=C(\C)c1ccc(-c2cnc3c(CO)cnn3c2C2CCCCC2)cc1. The van der Waals surface area contributed by atoms with Crippen LogP contribution in [0.1, 0.15) is 61.8 Å². The molecule has 4 rings (SSSR count). The molecule has 0 bridgehead atoms. The van der Waals surface area contributed by atoms with Gasteiger partial charge in [0.25, 0.3) is 0 Å². The highest BCUT2D eigenvalue weighted by molar-refractivity contribution is 5.71. The molecule has 1 fully saturated rings. The van der Waals surface area contributed by atoms with Crippen molar-refractivity contribution in [2.24, 2.45) is 0 Å². The molecule has 0 radical (unpaired) electrons. The van der Waals surface area contributed by atoms with Gasteiger partial charge in [0.15, 0.2) is 5.65 Å². The van der Waals surface area contributed by atoms with E-state index in [1.165, 1.54) is 37.8 Å². The van der Waals surface area contributed by atoms with Crippen LogP contribution in [-0.2, 0) is 11.3 Å². The molecule has 1 saturated carbocycles. The van der Waals surface area contributed by atoms with Gasteiger partial charge in [0.1, 0.15) is 0 Å². The molecule has 1 aromatic carbocycles. The molecule has 3 aromatic rings. The minimum Gasteiger partial charge on any atom is -0.504 e. The summed E-state index contributed by atoms with van der Waals surface area (Å²) in [5, 5.41) is 14.2. The summed E-state index contributed by atoms with van der Waals surface area (Å²) in [5.74, 6) is 0.468. The first-order valence-electron chi connectivity index (χ1n) is 9.99. The highest BCUT2D eigenvalue weighted by atomic mass is 16.5. The Kier molecular flexibility index (Phi) is 5.44. The molecular weight excluding hydrogens is 350 g/mol. The summed E-state index contributed by atoms with van der Waals surface area (Å²) in [6.45, 7) is 2.00. The van der Waals surface area contributed by atoms with Crippen molar-refractivity contribution in [1.82, 2.24) is 14.6 Å². The van der Waals surface area contributed by atoms with Crippen LogP contribution >= 0.6 is 0 Å². The molecule has 0 spiro atoms. The molecule has 5 nitrogen and oxygen atoms in total. The van der Waals surface area contributed by atoms with E-state index in [1.54, 1.807) is 19.6 Å². The van der Waals surface area contributed by atoms with E-state index in [0.29, 0.717) is 5.92 Å². The lowest BCUT2D eigenvalue weighted by atomic mass is 9.84. The van der Waals surface area contributed by atoms with Crippen LogP contribution in [0.25, 0.3) is 22.3 Å². The molecule has 1 N–H and O–H groups in total. The van der Waals surface area contributed by atoms with E-state index < -0.39 is 0 Å². The second-order valence-corrected chi connectivity index (χ2v) is 7.57. The Bertz CT molecular complexity index is 983. The maximum atomic E-state index is 9.63. The van der Waals surface area contributed by atoms with Gasteiger partial charge >= 0.3 is 0 Å². The average Bonchev–Trinajstić information content (AvgIpc) is 3.17. The van der Waals surface area contributed by atoms with Gasteiger partial charge in [-0.3, -0.25) is 0 Å². The summed E-state index contributed by atoms with van der Waals surface area (Å²) in [4.78, 5) is 4.64. The number of ether oxygens (including phenoxy) is 1. The normalized spacial score (nSPS) is 15.9. The predicted octanol–water partition coefficient (Wildman–Crippen LogP) is 4.94. The molecule has 0 atom stereocenters. The van der Waals surface area contributed by atoms with E-state index in [9.17, 15) is 5.11 Å². The predicted molar refractivity (Wildman–Crippen MR) is 111 cm³/mol. The fourth-order valence-electron chi connectivity index (χ4n) is 4.26. The van der Waals surface area contributed by atoms with Crippen LogP contribution in [0.2, 0.25) is 0 Å². The van der Waals surface area contributed by atoms with Crippen molar-refractivity contribution in [3.8, 4) is 11.1 Å². The van der Waals surface area contributed by atoms with E-state index in [1.807, 2.05) is 17.6 Å². The Morgan fingerprint density at radius 1 is 1.18 bits per heavy atom. The fourth-order valence-corrected chi connectivity index (χ4v) is 4.26. The zero-order valence-corrected chi connectivity index (χ0v) is 16.6. The van der Waals surface area contributed by atoms with E-state index in [0.717, 1.165) is 33.5 Å². The second-order valence-electron chi connectivity index (χ2n) is 7.57. The van der Waals surface area contributed by atoms with Crippen LogP contribution in [0.15, 0.2) is 42.9 Å². The van der Waals surface area contributed by atoms with Gasteiger partial charge in [0.05, 0.1) is 31.9 Å². The third-order valence-electron chi connectivity index (χ3n) is 5.75. The Balaban J connectivity index is 1.83. The molecule has 28 heavy (non-hydrogen) atoms. The lowest BCUT2D eigenvalue weighted by molar-refractivity contribution is 0.283. The van der Waals surface area contributed by atoms with E-state index >= 15 is 0 Å². The maximum Gasteiger partial charge on any atom is 0.160 e. The van der Waals surface area contributed by atoms with Crippen LogP contribution in [0, 0.1) is 0 Å². The zero-order valence-electron chi connectivity index (χ0n) is 16.6. The summed E-state index contributed by atoms with van der Waals surface area (Å²) in [7, 11) is 1.67. The number of hydrogen-bond donors (Lipinski definition) is 1. The third kappa shape index (κ3) is 3.42. The van der Waals surface area contributed by atoms with Crippen molar-refractivity contribution < 1.29 is 9.84 Å². The monoisotopic (exact) mass is 377 g/mol. The van der Waals surface area contributed by atoms with Crippen molar-refractivity contribution in [3.63, 3.8) is 0 Å². The summed E-state index contributed by atoms with van der Waals surface area (Å²) >= 11 is 0. The largest absolute Gasteiger partial charge is 0.504 e. The first-order chi connectivity index (χ1) is 13.7. The lowest BCUT2D eigenvalue weighted by Crippen LogP contribution is -2.12. The number of aliphatic hydroxyl groups excluding tert-OH is 1. The molecule has 0 saturated heterocycles. The topological polar surface area (TPSA) is 59.7 Å². The van der Waals surface area contributed by atoms with Gasteiger partial charge in [-0.05, 0) is 36.5 Å². The number of hydrogen-bond acceptors (Lipinski definition) is 4. The maximum absolute atomic E-state index is 9.63. The van der Waals surface area contributed by atoms with Crippen LogP contribution in [0.4, 0.5) is 0 Å². The van der Waals surface area contributed by atoms with Gasteiger partial charge in [-0.1, -0.05) is 43.5 Å². The zero-order chi connectivity index (χ0) is 19.5. The highest BCUT2D eigenvalue weighted by Gasteiger charge is 2.24. The molecule has 0 unspecified atom stereocenters. The molecule has 0 aliphatic heterocycles. The van der Waals surface area contributed by atoms with Gasteiger partial charge in [-0.15, -0.1) is 0 Å². The number of aromatic nitrogens is 3. The molecule has 2 heterocycles. The van der Waals surface area contributed by atoms with Crippen LogP contribution in [-0.4, -0.2) is 26.8 Å². The van der Waals surface area contributed by atoms with Gasteiger partial charge in [0.2, 0.25) is 0 Å². The van der Waals surface area contributed by atoms with Crippen LogP contribution in [0.3, 0.4) is 0 Å². The standard InChI is InChI=1S/C23H27N3O2/c1-16(15-28-2)17-8-10-18(11-9-17)21-13-24-23-20(14-27)12-25-26(23)22(21)19-6-4-3-5-7-19/h8-13,15,19,27H,3-7,14H2,1-2H3/b16-15+. The van der Waals surface area contributed by atoms with Crippen molar-refractivity contribution in [2.45, 2.75) is 51.6 Å². The Hall–Kier alpha value is -2.66. The molecule has 1 aliphatic carbocycles. The number of fused-ring (bicyclic) bond motifs is 1. The number of benzene rings is 1. The van der Waals surface area contributed by atoms with Crippen molar-refractivity contribution >= 4 is 11.2 Å². The number of aliphatic hydroxyl groups is 1. The minimum atomic E-state index is -0.0419. The first kappa shape index (κ1) is 18.7. The summed E-state index contributed by atoms with van der Waals surface area (Å²) in [6, 6.07) is 8.54. The molecule has 1 aliphatic rings. The number of allylic oxidation sites excluding steroid dienone is 1. The minimum absolute atomic E-state index is 0.0419. The van der Waals surface area contributed by atoms with Gasteiger partial charge < -0.3 is 9.84 Å². The number of rotatable bonds is 5. The fraction of sp³-hybridized carbons (Fsp3) is 0.391. The smallest absolute Gasteiger partial charge is 0.160 e. The number of nitrogens with zero attached hydrogens (tertiary/aromatic N) is 3. The Morgan fingerprint density at radius 3 is 2.61 bits per heavy atom. The van der Waals surface area contributed by atoms with Gasteiger partial charge in [-0.25, -0.2) is 9.50 Å².